The summed E-state index contributed by atoms with van der Waals surface area (Å²) in [5, 5.41) is 6.62. The molecule has 0 aromatic carbocycles. The monoisotopic (exact) mass is 335 g/mol. The molecule has 2 aliphatic heterocycles. The van der Waals surface area contributed by atoms with Gasteiger partial charge in [-0.25, -0.2) is 0 Å². The standard InChI is InChI=1S/C17H25N3O4/c1-12-9-15(19-24-12)16(21)18-10-13-3-2-6-20(11-13)17(22)14-4-7-23-8-5-14/h9,13-14H,2-8,10-11H2,1H3,(H,18,21). The maximum Gasteiger partial charge on any atom is 0.273 e. The van der Waals surface area contributed by atoms with Crippen molar-refractivity contribution in [2.45, 2.75) is 32.6 Å². The maximum absolute atomic E-state index is 12.6. The van der Waals surface area contributed by atoms with Crippen LogP contribution in [0.1, 0.15) is 41.9 Å². The fourth-order valence-electron chi connectivity index (χ4n) is 3.44. The Kier molecular flexibility index (Phi) is 5.50. The van der Waals surface area contributed by atoms with Gasteiger partial charge in [-0.2, -0.15) is 0 Å². The van der Waals surface area contributed by atoms with Crippen molar-refractivity contribution in [2.24, 2.45) is 11.8 Å². The van der Waals surface area contributed by atoms with Gasteiger partial charge in [-0.1, -0.05) is 5.16 Å². The van der Waals surface area contributed by atoms with E-state index < -0.39 is 0 Å². The number of likely N-dealkylation sites (tertiary alicyclic amines) is 1. The summed E-state index contributed by atoms with van der Waals surface area (Å²) in [6, 6.07) is 1.62. The van der Waals surface area contributed by atoms with Crippen LogP contribution in [-0.2, 0) is 9.53 Å². The summed E-state index contributed by atoms with van der Waals surface area (Å²) < 4.78 is 10.3. The zero-order valence-electron chi connectivity index (χ0n) is 14.1. The summed E-state index contributed by atoms with van der Waals surface area (Å²) in [4.78, 5) is 26.6. The molecular weight excluding hydrogens is 310 g/mol. The lowest BCUT2D eigenvalue weighted by Gasteiger charge is -2.36. The molecule has 0 radical (unpaired) electrons. The van der Waals surface area contributed by atoms with E-state index in [0.717, 1.165) is 32.2 Å². The normalized spacial score (nSPS) is 22.4. The summed E-state index contributed by atoms with van der Waals surface area (Å²) in [6.07, 6.45) is 3.65. The van der Waals surface area contributed by atoms with Gasteiger partial charge < -0.3 is 19.5 Å². The van der Waals surface area contributed by atoms with Crippen LogP contribution in [-0.4, -0.2) is 54.7 Å². The number of nitrogens with zero attached hydrogens (tertiary/aromatic N) is 2. The number of aryl methyl sites for hydroxylation is 1. The van der Waals surface area contributed by atoms with Gasteiger partial charge in [0.05, 0.1) is 0 Å². The number of ether oxygens (including phenoxy) is 1. The summed E-state index contributed by atoms with van der Waals surface area (Å²) in [7, 11) is 0. The second-order valence-electron chi connectivity index (χ2n) is 6.71. The van der Waals surface area contributed by atoms with Crippen molar-refractivity contribution in [1.29, 1.82) is 0 Å². The Balaban J connectivity index is 1.48. The molecule has 1 N–H and O–H groups in total. The van der Waals surface area contributed by atoms with E-state index in [0.29, 0.717) is 43.7 Å². The van der Waals surface area contributed by atoms with Gasteiger partial charge in [-0.15, -0.1) is 0 Å². The fourth-order valence-corrected chi connectivity index (χ4v) is 3.44. The lowest BCUT2D eigenvalue weighted by Crippen LogP contribution is -2.46. The Morgan fingerprint density at radius 3 is 2.83 bits per heavy atom. The van der Waals surface area contributed by atoms with Crippen LogP contribution in [0.4, 0.5) is 0 Å². The Hall–Kier alpha value is -1.89. The first-order valence-electron chi connectivity index (χ1n) is 8.71. The van der Waals surface area contributed by atoms with Crippen molar-refractivity contribution in [2.75, 3.05) is 32.8 Å². The van der Waals surface area contributed by atoms with Gasteiger partial charge in [-0.3, -0.25) is 9.59 Å². The zero-order chi connectivity index (χ0) is 16.9. The minimum Gasteiger partial charge on any atom is -0.381 e. The number of aromatic nitrogens is 1. The van der Waals surface area contributed by atoms with Crippen LogP contribution in [0.5, 0.6) is 0 Å². The van der Waals surface area contributed by atoms with Crippen molar-refractivity contribution >= 4 is 11.8 Å². The number of piperidine rings is 1. The van der Waals surface area contributed by atoms with E-state index in [-0.39, 0.29) is 17.7 Å². The highest BCUT2D eigenvalue weighted by Gasteiger charge is 2.30. The highest BCUT2D eigenvalue weighted by atomic mass is 16.5. The molecule has 0 saturated carbocycles. The van der Waals surface area contributed by atoms with E-state index >= 15 is 0 Å². The molecule has 1 aromatic rings. The highest BCUT2D eigenvalue weighted by Crippen LogP contribution is 2.22. The average molecular weight is 335 g/mol. The molecule has 3 rings (SSSR count). The van der Waals surface area contributed by atoms with Crippen LogP contribution in [0.2, 0.25) is 0 Å². The molecule has 1 atom stereocenters. The van der Waals surface area contributed by atoms with E-state index in [1.807, 2.05) is 4.90 Å². The van der Waals surface area contributed by atoms with Crippen LogP contribution >= 0.6 is 0 Å². The van der Waals surface area contributed by atoms with Crippen molar-refractivity contribution in [3.8, 4) is 0 Å². The third kappa shape index (κ3) is 4.14. The minimum absolute atomic E-state index is 0.102. The van der Waals surface area contributed by atoms with Gasteiger partial charge >= 0.3 is 0 Å². The van der Waals surface area contributed by atoms with Crippen molar-refractivity contribution < 1.29 is 18.8 Å². The molecular formula is C17H25N3O4. The van der Waals surface area contributed by atoms with E-state index in [9.17, 15) is 9.59 Å². The molecule has 3 heterocycles. The number of amides is 2. The molecule has 1 aromatic heterocycles. The van der Waals surface area contributed by atoms with E-state index in [4.69, 9.17) is 9.26 Å². The Morgan fingerprint density at radius 1 is 1.33 bits per heavy atom. The molecule has 7 nitrogen and oxygen atoms in total. The smallest absolute Gasteiger partial charge is 0.273 e. The molecule has 2 fully saturated rings. The van der Waals surface area contributed by atoms with E-state index in [2.05, 4.69) is 10.5 Å². The number of nitrogens with one attached hydrogen (secondary N) is 1. The Bertz CT molecular complexity index is 580. The van der Waals surface area contributed by atoms with Crippen molar-refractivity contribution in [1.82, 2.24) is 15.4 Å². The first kappa shape index (κ1) is 17.0. The fraction of sp³-hybridized carbons (Fsp3) is 0.706. The number of hydrogen-bond acceptors (Lipinski definition) is 5. The largest absolute Gasteiger partial charge is 0.381 e. The van der Waals surface area contributed by atoms with Gasteiger partial charge in [-0.05, 0) is 38.5 Å². The third-order valence-electron chi connectivity index (χ3n) is 4.81. The quantitative estimate of drug-likeness (QED) is 0.898. The predicted molar refractivity (Wildman–Crippen MR) is 86.4 cm³/mol. The van der Waals surface area contributed by atoms with E-state index in [1.165, 1.54) is 0 Å². The lowest BCUT2D eigenvalue weighted by atomic mass is 9.94. The number of hydrogen-bond donors (Lipinski definition) is 1. The topological polar surface area (TPSA) is 84.7 Å². The zero-order valence-corrected chi connectivity index (χ0v) is 14.1. The molecule has 2 aliphatic rings. The van der Waals surface area contributed by atoms with Gasteiger partial charge in [0.1, 0.15) is 5.76 Å². The van der Waals surface area contributed by atoms with Crippen molar-refractivity contribution in [3.63, 3.8) is 0 Å². The van der Waals surface area contributed by atoms with Gasteiger partial charge in [0.2, 0.25) is 5.91 Å². The average Bonchev–Trinajstić information content (AvgIpc) is 3.06. The summed E-state index contributed by atoms with van der Waals surface area (Å²) in [5.74, 6) is 1.04. The van der Waals surface area contributed by atoms with Crippen LogP contribution in [0.15, 0.2) is 10.6 Å². The molecule has 7 heteroatoms. The molecule has 1 unspecified atom stereocenters. The second-order valence-corrected chi connectivity index (χ2v) is 6.71. The number of rotatable bonds is 4. The van der Waals surface area contributed by atoms with Gasteiger partial charge in [0, 0.05) is 44.8 Å². The summed E-state index contributed by atoms with van der Waals surface area (Å²) in [5.41, 5.74) is 0.304. The summed E-state index contributed by atoms with van der Waals surface area (Å²) in [6.45, 7) is 5.21. The number of carbonyl (C=O) groups excluding carboxylic acids is 2. The van der Waals surface area contributed by atoms with Crippen molar-refractivity contribution in [3.05, 3.63) is 17.5 Å². The predicted octanol–water partition coefficient (Wildman–Crippen LogP) is 1.38. The first-order chi connectivity index (χ1) is 11.6. The third-order valence-corrected chi connectivity index (χ3v) is 4.81. The summed E-state index contributed by atoms with van der Waals surface area (Å²) >= 11 is 0. The number of carbonyl (C=O) groups is 2. The molecule has 24 heavy (non-hydrogen) atoms. The first-order valence-corrected chi connectivity index (χ1v) is 8.71. The molecule has 0 bridgehead atoms. The van der Waals surface area contributed by atoms with Gasteiger partial charge in [0.15, 0.2) is 5.69 Å². The molecule has 0 aliphatic carbocycles. The Morgan fingerprint density at radius 2 is 2.12 bits per heavy atom. The molecule has 2 amide bonds. The van der Waals surface area contributed by atoms with Crippen LogP contribution in [0, 0.1) is 18.8 Å². The maximum atomic E-state index is 12.6. The molecule has 132 valence electrons. The lowest BCUT2D eigenvalue weighted by molar-refractivity contribution is -0.140. The highest BCUT2D eigenvalue weighted by molar-refractivity contribution is 5.92. The molecule has 0 spiro atoms. The van der Waals surface area contributed by atoms with Crippen LogP contribution < -0.4 is 5.32 Å². The van der Waals surface area contributed by atoms with Crippen LogP contribution in [0.25, 0.3) is 0 Å². The second kappa shape index (κ2) is 7.79. The minimum atomic E-state index is -0.222. The Labute approximate surface area is 141 Å². The van der Waals surface area contributed by atoms with Crippen LogP contribution in [0.3, 0.4) is 0 Å². The van der Waals surface area contributed by atoms with E-state index in [1.54, 1.807) is 13.0 Å². The SMILES string of the molecule is Cc1cc(C(=O)NCC2CCCN(C(=O)C3CCOCC3)C2)no1. The van der Waals surface area contributed by atoms with Gasteiger partial charge in [0.25, 0.3) is 5.91 Å². The molecule has 2 saturated heterocycles.